The molecule has 1 aromatic rings. The Labute approximate surface area is 103 Å². The summed E-state index contributed by atoms with van der Waals surface area (Å²) < 4.78 is 0. The Kier molecular flexibility index (Phi) is 3.10. The van der Waals surface area contributed by atoms with E-state index in [0.29, 0.717) is 5.92 Å². The molecule has 2 heterocycles. The van der Waals surface area contributed by atoms with Crippen LogP contribution in [-0.4, -0.2) is 16.5 Å². The van der Waals surface area contributed by atoms with E-state index >= 15 is 0 Å². The molecule has 2 aliphatic rings. The van der Waals surface area contributed by atoms with Crippen LogP contribution in [0.4, 0.5) is 0 Å². The van der Waals surface area contributed by atoms with E-state index in [9.17, 15) is 0 Å². The first-order valence-electron chi connectivity index (χ1n) is 6.88. The molecule has 92 valence electrons. The molecule has 1 N–H and O–H groups in total. The maximum atomic E-state index is 4.81. The third-order valence-corrected chi connectivity index (χ3v) is 4.21. The Morgan fingerprint density at radius 1 is 1.24 bits per heavy atom. The lowest BCUT2D eigenvalue weighted by Crippen LogP contribution is -2.26. The summed E-state index contributed by atoms with van der Waals surface area (Å²) in [4.78, 5) is 9.40. The fourth-order valence-electron chi connectivity index (χ4n) is 2.97. The van der Waals surface area contributed by atoms with Gasteiger partial charge in [-0.1, -0.05) is 19.8 Å². The van der Waals surface area contributed by atoms with Crippen molar-refractivity contribution < 1.29 is 0 Å². The van der Waals surface area contributed by atoms with Crippen LogP contribution in [-0.2, 0) is 13.0 Å². The van der Waals surface area contributed by atoms with Crippen molar-refractivity contribution in [1.82, 2.24) is 15.3 Å². The van der Waals surface area contributed by atoms with Gasteiger partial charge in [-0.2, -0.15) is 0 Å². The summed E-state index contributed by atoms with van der Waals surface area (Å²) in [6.45, 7) is 4.36. The smallest absolute Gasteiger partial charge is 0.131 e. The van der Waals surface area contributed by atoms with Crippen LogP contribution in [0.15, 0.2) is 6.20 Å². The second kappa shape index (κ2) is 4.73. The molecule has 0 radical (unpaired) electrons. The number of hydrogen-bond donors (Lipinski definition) is 1. The van der Waals surface area contributed by atoms with Crippen molar-refractivity contribution in [3.05, 3.63) is 23.3 Å². The standard InChI is InChI=1S/C14H21N3/c1-10-2-4-11(5-3-10)14-16-9-12-8-15-7-6-13(12)17-14/h9-11,15H,2-8H2,1H3. The summed E-state index contributed by atoms with van der Waals surface area (Å²) in [6.07, 6.45) is 8.34. The molecule has 17 heavy (non-hydrogen) atoms. The SMILES string of the molecule is CC1CCC(c2ncc3c(n2)CCNC3)CC1. The van der Waals surface area contributed by atoms with Gasteiger partial charge < -0.3 is 5.32 Å². The number of aromatic nitrogens is 2. The van der Waals surface area contributed by atoms with Gasteiger partial charge in [0, 0.05) is 42.9 Å². The van der Waals surface area contributed by atoms with E-state index in [1.807, 2.05) is 6.20 Å². The van der Waals surface area contributed by atoms with Gasteiger partial charge >= 0.3 is 0 Å². The first-order valence-corrected chi connectivity index (χ1v) is 6.88. The van der Waals surface area contributed by atoms with Crippen molar-refractivity contribution >= 4 is 0 Å². The lowest BCUT2D eigenvalue weighted by Gasteiger charge is -2.26. The minimum absolute atomic E-state index is 0.617. The van der Waals surface area contributed by atoms with Gasteiger partial charge in [0.1, 0.15) is 5.82 Å². The lowest BCUT2D eigenvalue weighted by atomic mass is 9.82. The highest BCUT2D eigenvalue weighted by Gasteiger charge is 2.23. The molecule has 3 rings (SSSR count). The quantitative estimate of drug-likeness (QED) is 0.806. The molecule has 1 aromatic heterocycles. The molecule has 3 heteroatoms. The Hall–Kier alpha value is -0.960. The fourth-order valence-corrected chi connectivity index (χ4v) is 2.97. The first kappa shape index (κ1) is 11.1. The van der Waals surface area contributed by atoms with Gasteiger partial charge in [0.25, 0.3) is 0 Å². The zero-order chi connectivity index (χ0) is 11.7. The van der Waals surface area contributed by atoms with E-state index in [4.69, 9.17) is 4.98 Å². The molecule has 1 aliphatic heterocycles. The van der Waals surface area contributed by atoms with Gasteiger partial charge in [-0.15, -0.1) is 0 Å². The Morgan fingerprint density at radius 2 is 2.06 bits per heavy atom. The third-order valence-electron chi connectivity index (χ3n) is 4.21. The molecular formula is C14H21N3. The minimum atomic E-state index is 0.617. The molecule has 0 unspecified atom stereocenters. The summed E-state index contributed by atoms with van der Waals surface area (Å²) in [5, 5.41) is 3.37. The van der Waals surface area contributed by atoms with E-state index in [0.717, 1.165) is 31.3 Å². The normalized spacial score (nSPS) is 28.8. The van der Waals surface area contributed by atoms with Crippen LogP contribution < -0.4 is 5.32 Å². The highest BCUT2D eigenvalue weighted by molar-refractivity contribution is 5.21. The molecule has 3 nitrogen and oxygen atoms in total. The topological polar surface area (TPSA) is 37.8 Å². The van der Waals surface area contributed by atoms with Crippen LogP contribution in [0.1, 0.15) is 55.6 Å². The van der Waals surface area contributed by atoms with Crippen molar-refractivity contribution in [2.24, 2.45) is 5.92 Å². The summed E-state index contributed by atoms with van der Waals surface area (Å²) in [7, 11) is 0. The molecule has 0 saturated heterocycles. The molecule has 1 aliphatic carbocycles. The maximum absolute atomic E-state index is 4.81. The maximum Gasteiger partial charge on any atom is 0.131 e. The van der Waals surface area contributed by atoms with Crippen LogP contribution >= 0.6 is 0 Å². The number of nitrogens with one attached hydrogen (secondary N) is 1. The summed E-state index contributed by atoms with van der Waals surface area (Å²) in [5.41, 5.74) is 2.58. The number of fused-ring (bicyclic) bond motifs is 1. The van der Waals surface area contributed by atoms with Crippen molar-refractivity contribution in [2.45, 2.75) is 51.5 Å². The molecular weight excluding hydrogens is 210 g/mol. The van der Waals surface area contributed by atoms with Gasteiger partial charge in [-0.3, -0.25) is 0 Å². The van der Waals surface area contributed by atoms with Gasteiger partial charge in [-0.05, 0) is 18.8 Å². The molecule has 0 amide bonds. The summed E-state index contributed by atoms with van der Waals surface area (Å²) in [5.74, 6) is 2.62. The van der Waals surface area contributed by atoms with Gasteiger partial charge in [-0.25, -0.2) is 9.97 Å². The second-order valence-corrected chi connectivity index (χ2v) is 5.58. The van der Waals surface area contributed by atoms with Gasteiger partial charge in [0.15, 0.2) is 0 Å². The average molecular weight is 231 g/mol. The number of rotatable bonds is 1. The van der Waals surface area contributed by atoms with Crippen LogP contribution in [0.5, 0.6) is 0 Å². The number of nitrogens with zero attached hydrogens (tertiary/aromatic N) is 2. The van der Waals surface area contributed by atoms with E-state index in [1.54, 1.807) is 0 Å². The highest BCUT2D eigenvalue weighted by Crippen LogP contribution is 2.34. The predicted octanol–water partition coefficient (Wildman–Crippen LogP) is 2.42. The van der Waals surface area contributed by atoms with Crippen LogP contribution in [0.3, 0.4) is 0 Å². The average Bonchev–Trinajstić information content (AvgIpc) is 2.39. The molecule has 0 bridgehead atoms. The molecule has 1 saturated carbocycles. The van der Waals surface area contributed by atoms with E-state index < -0.39 is 0 Å². The number of hydrogen-bond acceptors (Lipinski definition) is 3. The molecule has 1 fully saturated rings. The van der Waals surface area contributed by atoms with Crippen molar-refractivity contribution in [3.63, 3.8) is 0 Å². The van der Waals surface area contributed by atoms with Crippen molar-refractivity contribution in [2.75, 3.05) is 6.54 Å². The second-order valence-electron chi connectivity index (χ2n) is 5.58. The van der Waals surface area contributed by atoms with Gasteiger partial charge in [0.2, 0.25) is 0 Å². The monoisotopic (exact) mass is 231 g/mol. The first-order chi connectivity index (χ1) is 8.33. The van der Waals surface area contributed by atoms with E-state index in [1.165, 1.54) is 36.9 Å². The fraction of sp³-hybridized carbons (Fsp3) is 0.714. The third kappa shape index (κ3) is 2.34. The molecule has 0 aromatic carbocycles. The highest BCUT2D eigenvalue weighted by atomic mass is 14.9. The lowest BCUT2D eigenvalue weighted by molar-refractivity contribution is 0.339. The Bertz CT molecular complexity index is 394. The summed E-state index contributed by atoms with van der Waals surface area (Å²) >= 11 is 0. The molecule has 0 atom stereocenters. The zero-order valence-electron chi connectivity index (χ0n) is 10.6. The van der Waals surface area contributed by atoms with Crippen LogP contribution in [0.25, 0.3) is 0 Å². The van der Waals surface area contributed by atoms with E-state index in [-0.39, 0.29) is 0 Å². The van der Waals surface area contributed by atoms with Crippen LogP contribution in [0.2, 0.25) is 0 Å². The van der Waals surface area contributed by atoms with Crippen molar-refractivity contribution in [1.29, 1.82) is 0 Å². The predicted molar refractivity (Wildman–Crippen MR) is 67.8 cm³/mol. The van der Waals surface area contributed by atoms with E-state index in [2.05, 4.69) is 17.2 Å². The molecule has 0 spiro atoms. The van der Waals surface area contributed by atoms with Crippen molar-refractivity contribution in [3.8, 4) is 0 Å². The minimum Gasteiger partial charge on any atom is -0.312 e. The summed E-state index contributed by atoms with van der Waals surface area (Å²) in [6, 6.07) is 0. The van der Waals surface area contributed by atoms with Gasteiger partial charge in [0.05, 0.1) is 0 Å². The largest absolute Gasteiger partial charge is 0.312 e. The zero-order valence-corrected chi connectivity index (χ0v) is 10.6. The Morgan fingerprint density at radius 3 is 2.88 bits per heavy atom. The Balaban J connectivity index is 1.79. The van der Waals surface area contributed by atoms with Crippen LogP contribution in [0, 0.1) is 5.92 Å².